The highest BCUT2D eigenvalue weighted by molar-refractivity contribution is 9.11. The van der Waals surface area contributed by atoms with E-state index in [2.05, 4.69) is 15.9 Å². The smallest absolute Gasteiger partial charge is 0.207 e. The molecule has 1 aromatic carbocycles. The van der Waals surface area contributed by atoms with Gasteiger partial charge in [-0.25, -0.2) is 12.8 Å². The zero-order valence-corrected chi connectivity index (χ0v) is 15.0. The maximum absolute atomic E-state index is 13.0. The monoisotopic (exact) mass is 391 g/mol. The Hall–Kier alpha value is -0.760. The Kier molecular flexibility index (Phi) is 4.87. The van der Waals surface area contributed by atoms with Gasteiger partial charge in [0.1, 0.15) is 5.82 Å². The van der Waals surface area contributed by atoms with Gasteiger partial charge in [0.2, 0.25) is 10.0 Å². The Labute approximate surface area is 136 Å². The van der Waals surface area contributed by atoms with Crippen LogP contribution in [-0.2, 0) is 10.0 Å². The fourth-order valence-corrected chi connectivity index (χ4v) is 5.73. The van der Waals surface area contributed by atoms with Crippen LogP contribution in [0.1, 0.15) is 23.4 Å². The Balaban J connectivity index is 2.36. The van der Waals surface area contributed by atoms with Gasteiger partial charge in [-0.2, -0.15) is 4.31 Å². The van der Waals surface area contributed by atoms with E-state index in [1.807, 2.05) is 0 Å². The number of hydrogen-bond donors (Lipinski definition) is 0. The predicted molar refractivity (Wildman–Crippen MR) is 86.5 cm³/mol. The molecule has 21 heavy (non-hydrogen) atoms. The summed E-state index contributed by atoms with van der Waals surface area (Å²) >= 11 is 4.69. The first-order chi connectivity index (χ1) is 9.73. The number of aryl methyl sites for hydroxylation is 1. The summed E-state index contributed by atoms with van der Waals surface area (Å²) < 4.78 is 40.4. The average molecular weight is 392 g/mol. The summed E-state index contributed by atoms with van der Waals surface area (Å²) in [4.78, 5) is 1.04. The van der Waals surface area contributed by atoms with Gasteiger partial charge in [0.05, 0.1) is 8.68 Å². The molecule has 1 aromatic heterocycles. The Morgan fingerprint density at radius 2 is 1.86 bits per heavy atom. The van der Waals surface area contributed by atoms with Crippen LogP contribution in [-0.4, -0.2) is 19.8 Å². The third kappa shape index (κ3) is 3.36. The highest BCUT2D eigenvalue weighted by Crippen LogP contribution is 2.33. The lowest BCUT2D eigenvalue weighted by Gasteiger charge is -2.24. The lowest BCUT2D eigenvalue weighted by molar-refractivity contribution is 0.398. The molecule has 1 atom stereocenters. The number of sulfonamides is 1. The van der Waals surface area contributed by atoms with Gasteiger partial charge in [0.25, 0.3) is 0 Å². The van der Waals surface area contributed by atoms with Gasteiger partial charge in [0, 0.05) is 18.0 Å². The lowest BCUT2D eigenvalue weighted by Crippen LogP contribution is -2.30. The Morgan fingerprint density at radius 3 is 2.33 bits per heavy atom. The molecule has 7 heteroatoms. The van der Waals surface area contributed by atoms with E-state index in [1.165, 1.54) is 34.8 Å². The second-order valence-electron chi connectivity index (χ2n) is 4.72. The Bertz CT molecular complexity index is 741. The Morgan fingerprint density at radius 1 is 1.29 bits per heavy atom. The van der Waals surface area contributed by atoms with E-state index in [0.29, 0.717) is 4.90 Å². The fraction of sp³-hybridized carbons (Fsp3) is 0.286. The van der Waals surface area contributed by atoms with Crippen molar-refractivity contribution in [3.05, 3.63) is 50.4 Å². The van der Waals surface area contributed by atoms with Gasteiger partial charge in [-0.05, 0) is 53.5 Å². The quantitative estimate of drug-likeness (QED) is 0.776. The van der Waals surface area contributed by atoms with Crippen molar-refractivity contribution in [1.29, 1.82) is 0 Å². The van der Waals surface area contributed by atoms with Gasteiger partial charge in [-0.3, -0.25) is 0 Å². The molecule has 1 heterocycles. The van der Waals surface area contributed by atoms with Crippen LogP contribution < -0.4 is 0 Å². The summed E-state index contributed by atoms with van der Waals surface area (Å²) in [7, 11) is -2.05. The zero-order chi connectivity index (χ0) is 15.8. The molecule has 0 N–H and O–H groups in total. The predicted octanol–water partition coefficient (Wildman–Crippen LogP) is 4.34. The molecule has 0 saturated heterocycles. The van der Waals surface area contributed by atoms with Crippen LogP contribution in [0.3, 0.4) is 0 Å². The largest absolute Gasteiger partial charge is 0.244 e. The van der Waals surface area contributed by atoms with Crippen molar-refractivity contribution >= 4 is 37.3 Å². The van der Waals surface area contributed by atoms with Crippen LogP contribution in [0, 0.1) is 12.7 Å². The first-order valence-electron chi connectivity index (χ1n) is 6.23. The van der Waals surface area contributed by atoms with Crippen LogP contribution in [0.15, 0.2) is 39.0 Å². The highest BCUT2D eigenvalue weighted by Gasteiger charge is 2.29. The van der Waals surface area contributed by atoms with Gasteiger partial charge in [-0.1, -0.05) is 12.1 Å². The van der Waals surface area contributed by atoms with E-state index in [4.69, 9.17) is 0 Å². The minimum Gasteiger partial charge on any atom is -0.207 e. The van der Waals surface area contributed by atoms with Gasteiger partial charge in [-0.15, -0.1) is 11.3 Å². The maximum Gasteiger partial charge on any atom is 0.244 e. The average Bonchev–Trinajstić information content (AvgIpc) is 2.77. The van der Waals surface area contributed by atoms with Crippen molar-refractivity contribution in [3.8, 4) is 0 Å². The standard InChI is InChI=1S/C14H15BrFNO2S2/c1-9(11-4-6-12(16)7-5-11)17(3)21(18,19)13-8-14(15)20-10(13)2/h4-9H,1-3H3. The van der Waals surface area contributed by atoms with E-state index in [1.54, 1.807) is 32.0 Å². The SMILES string of the molecule is Cc1sc(Br)cc1S(=O)(=O)N(C)C(C)c1ccc(F)cc1. The molecular weight excluding hydrogens is 377 g/mol. The molecule has 0 spiro atoms. The third-order valence-corrected chi connectivity index (χ3v) is 7.13. The van der Waals surface area contributed by atoms with E-state index in [0.717, 1.165) is 14.2 Å². The summed E-state index contributed by atoms with van der Waals surface area (Å²) in [6.45, 7) is 3.56. The zero-order valence-electron chi connectivity index (χ0n) is 11.8. The molecule has 3 nitrogen and oxygen atoms in total. The molecule has 0 amide bonds. The van der Waals surface area contributed by atoms with Crippen molar-refractivity contribution < 1.29 is 12.8 Å². The number of rotatable bonds is 4. The summed E-state index contributed by atoms with van der Waals surface area (Å²) in [5.74, 6) is -0.339. The third-order valence-electron chi connectivity index (χ3n) is 3.40. The molecule has 0 aliphatic heterocycles. The second-order valence-corrected chi connectivity index (χ2v) is 9.32. The summed E-state index contributed by atoms with van der Waals surface area (Å²) in [6, 6.07) is 7.10. The number of thiophene rings is 1. The van der Waals surface area contributed by atoms with Crippen molar-refractivity contribution in [2.24, 2.45) is 0 Å². The van der Waals surface area contributed by atoms with Gasteiger partial charge in [0.15, 0.2) is 0 Å². The molecule has 114 valence electrons. The van der Waals surface area contributed by atoms with Crippen molar-refractivity contribution in [1.82, 2.24) is 4.31 Å². The van der Waals surface area contributed by atoms with E-state index in [9.17, 15) is 12.8 Å². The van der Waals surface area contributed by atoms with Crippen molar-refractivity contribution in [2.45, 2.75) is 24.8 Å². The number of nitrogens with zero attached hydrogens (tertiary/aromatic N) is 1. The minimum atomic E-state index is -3.59. The molecule has 2 rings (SSSR count). The second kappa shape index (κ2) is 6.16. The highest BCUT2D eigenvalue weighted by atomic mass is 79.9. The van der Waals surface area contributed by atoms with Crippen LogP contribution in [0.25, 0.3) is 0 Å². The first-order valence-corrected chi connectivity index (χ1v) is 9.28. The summed E-state index contributed by atoms with van der Waals surface area (Å²) in [5.41, 5.74) is 0.745. The maximum atomic E-state index is 13.0. The number of halogens is 2. The molecule has 2 aromatic rings. The normalized spacial score (nSPS) is 13.6. The first kappa shape index (κ1) is 16.6. The van der Waals surface area contributed by atoms with Gasteiger partial charge < -0.3 is 0 Å². The van der Waals surface area contributed by atoms with Crippen LogP contribution in [0.4, 0.5) is 4.39 Å². The summed E-state index contributed by atoms with van der Waals surface area (Å²) in [6.07, 6.45) is 0. The fourth-order valence-electron chi connectivity index (χ4n) is 2.00. The topological polar surface area (TPSA) is 37.4 Å². The van der Waals surface area contributed by atoms with E-state index < -0.39 is 10.0 Å². The molecule has 0 bridgehead atoms. The van der Waals surface area contributed by atoms with Crippen LogP contribution in [0.5, 0.6) is 0 Å². The minimum absolute atomic E-state index is 0.302. The van der Waals surface area contributed by atoms with Crippen LogP contribution >= 0.6 is 27.3 Å². The molecular formula is C14H15BrFNO2S2. The lowest BCUT2D eigenvalue weighted by atomic mass is 10.1. The molecule has 0 fully saturated rings. The molecule has 0 radical (unpaired) electrons. The molecule has 0 aliphatic rings. The van der Waals surface area contributed by atoms with Gasteiger partial charge >= 0.3 is 0 Å². The molecule has 0 aliphatic carbocycles. The molecule has 1 unspecified atom stereocenters. The van der Waals surface area contributed by atoms with Crippen molar-refractivity contribution in [2.75, 3.05) is 7.05 Å². The van der Waals surface area contributed by atoms with Crippen LogP contribution in [0.2, 0.25) is 0 Å². The number of benzene rings is 1. The van der Waals surface area contributed by atoms with Crippen molar-refractivity contribution in [3.63, 3.8) is 0 Å². The molecule has 0 saturated carbocycles. The van der Waals surface area contributed by atoms with E-state index >= 15 is 0 Å². The summed E-state index contributed by atoms with van der Waals surface area (Å²) in [5, 5.41) is 0. The van der Waals surface area contributed by atoms with E-state index in [-0.39, 0.29) is 11.9 Å². The number of hydrogen-bond acceptors (Lipinski definition) is 3.